The van der Waals surface area contributed by atoms with E-state index < -0.39 is 0 Å². The molecule has 0 atom stereocenters. The maximum atomic E-state index is 10.6. The highest BCUT2D eigenvalue weighted by atomic mass is 16.3. The van der Waals surface area contributed by atoms with Gasteiger partial charge in [0, 0.05) is 5.56 Å². The molecule has 0 aliphatic heterocycles. The lowest BCUT2D eigenvalue weighted by atomic mass is 10.1. The van der Waals surface area contributed by atoms with Crippen LogP contribution in [0.2, 0.25) is 0 Å². The summed E-state index contributed by atoms with van der Waals surface area (Å²) in [5.41, 5.74) is 5.48. The number of benzene rings is 1. The Morgan fingerprint density at radius 1 is 1.05 bits per heavy atom. The Balaban J connectivity index is 2.45. The molecule has 1 N–H and O–H groups in total. The van der Waals surface area contributed by atoms with Gasteiger partial charge in [0.15, 0.2) is 0 Å². The molecule has 0 aliphatic carbocycles. The van der Waals surface area contributed by atoms with E-state index in [2.05, 4.69) is 44.9 Å². The SMILES string of the molecule is CCCCc1c(CCC)nn(-c2ccc(C)c(C)c2)c1O. The Kier molecular flexibility index (Phi) is 5.05. The van der Waals surface area contributed by atoms with Crippen LogP contribution in [0.5, 0.6) is 5.88 Å². The van der Waals surface area contributed by atoms with Crippen molar-refractivity contribution in [2.24, 2.45) is 0 Å². The molecule has 2 aromatic rings. The van der Waals surface area contributed by atoms with E-state index >= 15 is 0 Å². The van der Waals surface area contributed by atoms with Crippen LogP contribution in [0.4, 0.5) is 0 Å². The highest BCUT2D eigenvalue weighted by molar-refractivity contribution is 5.44. The van der Waals surface area contributed by atoms with Crippen LogP contribution in [0.1, 0.15) is 55.5 Å². The number of aromatic hydroxyl groups is 1. The van der Waals surface area contributed by atoms with E-state index in [9.17, 15) is 5.11 Å². The van der Waals surface area contributed by atoms with E-state index in [1.54, 1.807) is 4.68 Å². The van der Waals surface area contributed by atoms with Crippen LogP contribution in [0.25, 0.3) is 5.69 Å². The van der Waals surface area contributed by atoms with E-state index in [1.165, 1.54) is 11.1 Å². The maximum Gasteiger partial charge on any atom is 0.217 e. The van der Waals surface area contributed by atoms with E-state index in [1.807, 2.05) is 6.07 Å². The van der Waals surface area contributed by atoms with Crippen molar-refractivity contribution in [1.82, 2.24) is 9.78 Å². The number of unbranched alkanes of at least 4 members (excludes halogenated alkanes) is 1. The summed E-state index contributed by atoms with van der Waals surface area (Å²) in [4.78, 5) is 0. The average molecular weight is 286 g/mol. The van der Waals surface area contributed by atoms with Crippen molar-refractivity contribution >= 4 is 0 Å². The summed E-state index contributed by atoms with van der Waals surface area (Å²) in [5.74, 6) is 0.315. The molecule has 3 heteroatoms. The normalized spacial score (nSPS) is 11.0. The summed E-state index contributed by atoms with van der Waals surface area (Å²) >= 11 is 0. The Morgan fingerprint density at radius 2 is 1.81 bits per heavy atom. The van der Waals surface area contributed by atoms with Gasteiger partial charge in [0.2, 0.25) is 5.88 Å². The van der Waals surface area contributed by atoms with Gasteiger partial charge in [-0.15, -0.1) is 0 Å². The molecule has 0 bridgehead atoms. The predicted octanol–water partition coefficient (Wildman–Crippen LogP) is 4.49. The van der Waals surface area contributed by atoms with Gasteiger partial charge in [0.1, 0.15) is 0 Å². The van der Waals surface area contributed by atoms with Crippen LogP contribution in [-0.4, -0.2) is 14.9 Å². The zero-order chi connectivity index (χ0) is 15.4. The minimum Gasteiger partial charge on any atom is -0.493 e. The van der Waals surface area contributed by atoms with Gasteiger partial charge in [0.05, 0.1) is 11.4 Å². The first-order chi connectivity index (χ1) is 10.1. The molecular formula is C18H26N2O. The van der Waals surface area contributed by atoms with E-state index in [-0.39, 0.29) is 0 Å². The Labute approximate surface area is 127 Å². The third-order valence-corrected chi connectivity index (χ3v) is 4.04. The van der Waals surface area contributed by atoms with Crippen molar-refractivity contribution in [3.63, 3.8) is 0 Å². The molecule has 21 heavy (non-hydrogen) atoms. The molecule has 0 fully saturated rings. The van der Waals surface area contributed by atoms with E-state index in [0.717, 1.165) is 49.0 Å². The lowest BCUT2D eigenvalue weighted by Gasteiger charge is -2.07. The molecule has 0 unspecified atom stereocenters. The fraction of sp³-hybridized carbons (Fsp3) is 0.500. The van der Waals surface area contributed by atoms with Crippen molar-refractivity contribution in [1.29, 1.82) is 0 Å². The summed E-state index contributed by atoms with van der Waals surface area (Å²) in [5, 5.41) is 15.2. The smallest absolute Gasteiger partial charge is 0.217 e. The first-order valence-corrected chi connectivity index (χ1v) is 7.95. The molecule has 0 spiro atoms. The minimum atomic E-state index is 0.315. The largest absolute Gasteiger partial charge is 0.493 e. The van der Waals surface area contributed by atoms with Gasteiger partial charge in [-0.25, -0.2) is 4.68 Å². The van der Waals surface area contributed by atoms with Gasteiger partial charge in [-0.2, -0.15) is 5.10 Å². The molecule has 0 amide bonds. The first-order valence-electron chi connectivity index (χ1n) is 7.95. The Morgan fingerprint density at radius 3 is 2.43 bits per heavy atom. The minimum absolute atomic E-state index is 0.315. The Bertz CT molecular complexity index is 614. The predicted molar refractivity (Wildman–Crippen MR) is 87.3 cm³/mol. The van der Waals surface area contributed by atoms with Gasteiger partial charge >= 0.3 is 0 Å². The van der Waals surface area contributed by atoms with E-state index in [0.29, 0.717) is 5.88 Å². The van der Waals surface area contributed by atoms with Crippen molar-refractivity contribution < 1.29 is 5.11 Å². The van der Waals surface area contributed by atoms with Crippen LogP contribution in [0, 0.1) is 13.8 Å². The standard InChI is InChI=1S/C18H26N2O/c1-5-7-9-16-17(8-6-2)19-20(18(16)21)15-11-10-13(3)14(4)12-15/h10-12,21H,5-9H2,1-4H3. The zero-order valence-electron chi connectivity index (χ0n) is 13.6. The number of rotatable bonds is 6. The molecule has 3 nitrogen and oxygen atoms in total. The summed E-state index contributed by atoms with van der Waals surface area (Å²) in [6.45, 7) is 8.50. The van der Waals surface area contributed by atoms with Gasteiger partial charge in [-0.05, 0) is 56.4 Å². The van der Waals surface area contributed by atoms with Crippen LogP contribution in [-0.2, 0) is 12.8 Å². The molecule has 2 rings (SSSR count). The molecule has 0 radical (unpaired) electrons. The van der Waals surface area contributed by atoms with E-state index in [4.69, 9.17) is 0 Å². The number of hydrogen-bond acceptors (Lipinski definition) is 2. The van der Waals surface area contributed by atoms with Gasteiger partial charge in [-0.3, -0.25) is 0 Å². The molecular weight excluding hydrogens is 260 g/mol. The average Bonchev–Trinajstić information content (AvgIpc) is 2.77. The second-order valence-electron chi connectivity index (χ2n) is 5.78. The number of nitrogens with zero attached hydrogens (tertiary/aromatic N) is 2. The monoisotopic (exact) mass is 286 g/mol. The lowest BCUT2D eigenvalue weighted by Crippen LogP contribution is -1.98. The maximum absolute atomic E-state index is 10.6. The highest BCUT2D eigenvalue weighted by Crippen LogP contribution is 2.28. The quantitative estimate of drug-likeness (QED) is 0.849. The molecule has 1 aromatic carbocycles. The van der Waals surface area contributed by atoms with Crippen LogP contribution in [0.15, 0.2) is 18.2 Å². The summed E-state index contributed by atoms with van der Waals surface area (Å²) in [7, 11) is 0. The number of hydrogen-bond donors (Lipinski definition) is 1. The van der Waals surface area contributed by atoms with Crippen molar-refractivity contribution in [2.45, 2.75) is 59.8 Å². The topological polar surface area (TPSA) is 38.0 Å². The molecule has 0 saturated heterocycles. The van der Waals surface area contributed by atoms with Gasteiger partial charge < -0.3 is 5.11 Å². The lowest BCUT2D eigenvalue weighted by molar-refractivity contribution is 0.427. The van der Waals surface area contributed by atoms with Crippen LogP contribution >= 0.6 is 0 Å². The molecule has 0 saturated carbocycles. The highest BCUT2D eigenvalue weighted by Gasteiger charge is 2.17. The summed E-state index contributed by atoms with van der Waals surface area (Å²) in [6, 6.07) is 6.19. The van der Waals surface area contributed by atoms with Crippen molar-refractivity contribution in [2.75, 3.05) is 0 Å². The van der Waals surface area contributed by atoms with Gasteiger partial charge in [0.25, 0.3) is 0 Å². The molecule has 1 aromatic heterocycles. The third-order valence-electron chi connectivity index (χ3n) is 4.04. The van der Waals surface area contributed by atoms with Crippen molar-refractivity contribution in [3.05, 3.63) is 40.6 Å². The van der Waals surface area contributed by atoms with Crippen LogP contribution in [0.3, 0.4) is 0 Å². The van der Waals surface area contributed by atoms with Crippen molar-refractivity contribution in [3.8, 4) is 11.6 Å². The molecule has 1 heterocycles. The molecule has 0 aliphatic rings. The fourth-order valence-electron chi connectivity index (χ4n) is 2.57. The molecule has 114 valence electrons. The number of aryl methyl sites for hydroxylation is 3. The summed E-state index contributed by atoms with van der Waals surface area (Å²) < 4.78 is 1.70. The fourth-order valence-corrected chi connectivity index (χ4v) is 2.57. The second kappa shape index (κ2) is 6.79. The van der Waals surface area contributed by atoms with Crippen LogP contribution < -0.4 is 0 Å². The number of aromatic nitrogens is 2. The third kappa shape index (κ3) is 3.29. The zero-order valence-corrected chi connectivity index (χ0v) is 13.6. The van der Waals surface area contributed by atoms with Gasteiger partial charge in [-0.1, -0.05) is 32.8 Å². The summed E-state index contributed by atoms with van der Waals surface area (Å²) in [6.07, 6.45) is 5.08. The Hall–Kier alpha value is -1.77. The first kappa shape index (κ1) is 15.6. The second-order valence-corrected chi connectivity index (χ2v) is 5.78.